The molecule has 0 unspecified atom stereocenters. The van der Waals surface area contributed by atoms with E-state index in [9.17, 15) is 9.59 Å². The molecule has 128 valence electrons. The Labute approximate surface area is 143 Å². The van der Waals surface area contributed by atoms with Gasteiger partial charge in [-0.3, -0.25) is 9.59 Å². The van der Waals surface area contributed by atoms with Crippen molar-refractivity contribution >= 4 is 11.8 Å². The molecule has 1 aliphatic heterocycles. The highest BCUT2D eigenvalue weighted by atomic mass is 16.2. The van der Waals surface area contributed by atoms with Gasteiger partial charge in [0.25, 0.3) is 5.91 Å². The van der Waals surface area contributed by atoms with Crippen LogP contribution in [0.4, 0.5) is 0 Å². The molecule has 1 N–H and O–H groups in total. The molecule has 2 rings (SSSR count). The van der Waals surface area contributed by atoms with E-state index in [0.29, 0.717) is 30.6 Å². The van der Waals surface area contributed by atoms with Crippen molar-refractivity contribution in [2.24, 2.45) is 5.41 Å². The number of nitriles is 1. The average Bonchev–Trinajstić information content (AvgIpc) is 2.53. The lowest BCUT2D eigenvalue weighted by atomic mass is 9.91. The predicted octanol–water partition coefficient (Wildman–Crippen LogP) is 2.72. The summed E-state index contributed by atoms with van der Waals surface area (Å²) in [5.74, 6) is 0.0283. The lowest BCUT2D eigenvalue weighted by Gasteiger charge is -2.33. The first kappa shape index (κ1) is 18.0. The van der Waals surface area contributed by atoms with Gasteiger partial charge in [0.2, 0.25) is 5.91 Å². The summed E-state index contributed by atoms with van der Waals surface area (Å²) >= 11 is 0. The first-order valence-electron chi connectivity index (χ1n) is 8.37. The van der Waals surface area contributed by atoms with Gasteiger partial charge in [0, 0.05) is 31.1 Å². The molecule has 0 bridgehead atoms. The average molecular weight is 327 g/mol. The highest BCUT2D eigenvalue weighted by molar-refractivity contribution is 5.94. The number of amides is 2. The van der Waals surface area contributed by atoms with Crippen LogP contribution in [0.3, 0.4) is 0 Å². The maximum atomic E-state index is 12.5. The number of carbonyl (C=O) groups is 2. The summed E-state index contributed by atoms with van der Waals surface area (Å²) < 4.78 is 0. The maximum absolute atomic E-state index is 12.5. The number of piperidine rings is 1. The summed E-state index contributed by atoms with van der Waals surface area (Å²) in [6.07, 6.45) is 2.03. The molecule has 0 spiro atoms. The van der Waals surface area contributed by atoms with Crippen LogP contribution in [-0.4, -0.2) is 35.8 Å². The standard InChI is InChI=1S/C19H25N3O2/c1-19(2,3)12-17(23)21-16-7-9-22(10-8-16)18(24)15-6-4-5-14(11-15)13-20/h4-6,11,16H,7-10,12H2,1-3H3,(H,21,23). The Kier molecular flexibility index (Phi) is 5.61. The summed E-state index contributed by atoms with van der Waals surface area (Å²) in [5.41, 5.74) is 1.02. The van der Waals surface area contributed by atoms with Gasteiger partial charge in [-0.25, -0.2) is 0 Å². The second-order valence-electron chi connectivity index (χ2n) is 7.56. The SMILES string of the molecule is CC(C)(C)CC(=O)NC1CCN(C(=O)c2cccc(C#N)c2)CC1. The van der Waals surface area contributed by atoms with Gasteiger partial charge in [-0.1, -0.05) is 26.8 Å². The van der Waals surface area contributed by atoms with Gasteiger partial charge < -0.3 is 10.2 Å². The van der Waals surface area contributed by atoms with Crippen LogP contribution in [0.5, 0.6) is 0 Å². The van der Waals surface area contributed by atoms with Crippen molar-refractivity contribution in [3.63, 3.8) is 0 Å². The van der Waals surface area contributed by atoms with E-state index in [0.717, 1.165) is 12.8 Å². The van der Waals surface area contributed by atoms with Gasteiger partial charge in [-0.2, -0.15) is 5.26 Å². The molecule has 0 saturated carbocycles. The molecular formula is C19H25N3O2. The van der Waals surface area contributed by atoms with Crippen molar-refractivity contribution in [3.05, 3.63) is 35.4 Å². The first-order chi connectivity index (χ1) is 11.3. The van der Waals surface area contributed by atoms with E-state index in [1.165, 1.54) is 0 Å². The van der Waals surface area contributed by atoms with Gasteiger partial charge in [0.1, 0.15) is 0 Å². The zero-order chi connectivity index (χ0) is 17.7. The second kappa shape index (κ2) is 7.48. The summed E-state index contributed by atoms with van der Waals surface area (Å²) in [5, 5.41) is 12.0. The minimum Gasteiger partial charge on any atom is -0.353 e. The second-order valence-corrected chi connectivity index (χ2v) is 7.56. The Bertz CT molecular complexity index is 647. The minimum atomic E-state index is -0.0495. The number of likely N-dealkylation sites (tertiary alicyclic amines) is 1. The smallest absolute Gasteiger partial charge is 0.253 e. The van der Waals surface area contributed by atoms with E-state index in [4.69, 9.17) is 5.26 Å². The summed E-state index contributed by atoms with van der Waals surface area (Å²) in [6.45, 7) is 7.38. The Morgan fingerprint density at radius 2 is 1.96 bits per heavy atom. The summed E-state index contributed by atoms with van der Waals surface area (Å²) in [7, 11) is 0. The first-order valence-corrected chi connectivity index (χ1v) is 8.37. The molecule has 0 atom stereocenters. The maximum Gasteiger partial charge on any atom is 0.253 e. The molecule has 2 amide bonds. The predicted molar refractivity (Wildman–Crippen MR) is 92.3 cm³/mol. The number of hydrogen-bond acceptors (Lipinski definition) is 3. The lowest BCUT2D eigenvalue weighted by molar-refractivity contribution is -0.123. The largest absolute Gasteiger partial charge is 0.353 e. The molecule has 1 saturated heterocycles. The topological polar surface area (TPSA) is 73.2 Å². The van der Waals surface area contributed by atoms with E-state index in [2.05, 4.69) is 11.4 Å². The molecule has 1 aromatic rings. The fraction of sp³-hybridized carbons (Fsp3) is 0.526. The fourth-order valence-corrected chi connectivity index (χ4v) is 2.89. The molecule has 1 aliphatic rings. The molecular weight excluding hydrogens is 302 g/mol. The van der Waals surface area contributed by atoms with Crippen molar-refractivity contribution in [1.82, 2.24) is 10.2 Å². The van der Waals surface area contributed by atoms with Crippen LogP contribution in [0.15, 0.2) is 24.3 Å². The quantitative estimate of drug-likeness (QED) is 0.927. The van der Waals surface area contributed by atoms with Gasteiger partial charge in [-0.15, -0.1) is 0 Å². The van der Waals surface area contributed by atoms with Crippen LogP contribution in [0.1, 0.15) is 56.0 Å². The fourth-order valence-electron chi connectivity index (χ4n) is 2.89. The number of nitrogens with zero attached hydrogens (tertiary/aromatic N) is 2. The van der Waals surface area contributed by atoms with Crippen molar-refractivity contribution in [1.29, 1.82) is 5.26 Å². The Morgan fingerprint density at radius 3 is 2.54 bits per heavy atom. The lowest BCUT2D eigenvalue weighted by Crippen LogP contribution is -2.47. The molecule has 1 aromatic carbocycles. The Morgan fingerprint density at radius 1 is 1.29 bits per heavy atom. The summed E-state index contributed by atoms with van der Waals surface area (Å²) in [6, 6.07) is 8.96. The van der Waals surface area contributed by atoms with E-state index in [1.807, 2.05) is 20.8 Å². The minimum absolute atomic E-state index is 0.0213. The van der Waals surface area contributed by atoms with Crippen LogP contribution >= 0.6 is 0 Å². The molecule has 0 aliphatic carbocycles. The monoisotopic (exact) mass is 327 g/mol. The molecule has 24 heavy (non-hydrogen) atoms. The van der Waals surface area contributed by atoms with E-state index < -0.39 is 0 Å². The van der Waals surface area contributed by atoms with E-state index in [-0.39, 0.29) is 23.3 Å². The molecule has 5 heteroatoms. The molecule has 1 fully saturated rings. The van der Waals surface area contributed by atoms with Crippen LogP contribution < -0.4 is 5.32 Å². The molecule has 0 radical (unpaired) electrons. The normalized spacial score (nSPS) is 15.7. The van der Waals surface area contributed by atoms with Gasteiger partial charge >= 0.3 is 0 Å². The van der Waals surface area contributed by atoms with Crippen LogP contribution in [0, 0.1) is 16.7 Å². The number of nitrogens with one attached hydrogen (secondary N) is 1. The van der Waals surface area contributed by atoms with E-state index in [1.54, 1.807) is 29.2 Å². The van der Waals surface area contributed by atoms with Crippen LogP contribution in [0.2, 0.25) is 0 Å². The van der Waals surface area contributed by atoms with Crippen molar-refractivity contribution in [2.45, 2.75) is 46.1 Å². The van der Waals surface area contributed by atoms with Crippen molar-refractivity contribution < 1.29 is 9.59 Å². The summed E-state index contributed by atoms with van der Waals surface area (Å²) in [4.78, 5) is 26.3. The Balaban J connectivity index is 1.87. The highest BCUT2D eigenvalue weighted by Gasteiger charge is 2.25. The van der Waals surface area contributed by atoms with Crippen molar-refractivity contribution in [2.75, 3.05) is 13.1 Å². The third-order valence-corrected chi connectivity index (χ3v) is 4.08. The van der Waals surface area contributed by atoms with Gasteiger partial charge in [0.05, 0.1) is 11.6 Å². The number of hydrogen-bond donors (Lipinski definition) is 1. The number of carbonyl (C=O) groups excluding carboxylic acids is 2. The van der Waals surface area contributed by atoms with Crippen LogP contribution in [-0.2, 0) is 4.79 Å². The zero-order valence-electron chi connectivity index (χ0n) is 14.6. The Hall–Kier alpha value is -2.35. The molecule has 5 nitrogen and oxygen atoms in total. The third-order valence-electron chi connectivity index (χ3n) is 4.08. The highest BCUT2D eigenvalue weighted by Crippen LogP contribution is 2.19. The molecule has 1 heterocycles. The van der Waals surface area contributed by atoms with Crippen LogP contribution in [0.25, 0.3) is 0 Å². The van der Waals surface area contributed by atoms with Gasteiger partial charge in [0.15, 0.2) is 0 Å². The molecule has 0 aromatic heterocycles. The zero-order valence-corrected chi connectivity index (χ0v) is 14.6. The third kappa shape index (κ3) is 5.09. The van der Waals surface area contributed by atoms with Crippen molar-refractivity contribution in [3.8, 4) is 6.07 Å². The van der Waals surface area contributed by atoms with Gasteiger partial charge in [-0.05, 0) is 36.5 Å². The number of rotatable bonds is 3. The van der Waals surface area contributed by atoms with E-state index >= 15 is 0 Å². The number of benzene rings is 1.